The Kier molecular flexibility index (Phi) is 5.51. The fourth-order valence-electron chi connectivity index (χ4n) is 1.10. The lowest BCUT2D eigenvalue weighted by Crippen LogP contribution is -2.03. The first kappa shape index (κ1) is 12.9. The standard InChI is InChI=1S/C11H12Cl2OS/c1-2-5-15-7-11(14)9-6-8(12)3-4-10(9)13/h3-4,6H,2,5,7H2,1H3. The summed E-state index contributed by atoms with van der Waals surface area (Å²) in [5, 5.41) is 1.02. The van der Waals surface area contributed by atoms with E-state index in [0.29, 0.717) is 21.4 Å². The molecular formula is C11H12Cl2OS. The van der Waals surface area contributed by atoms with Crippen molar-refractivity contribution >= 4 is 40.7 Å². The normalized spacial score (nSPS) is 10.3. The van der Waals surface area contributed by atoms with Gasteiger partial charge in [0.2, 0.25) is 0 Å². The Hall–Kier alpha value is -0.180. The van der Waals surface area contributed by atoms with Crippen LogP contribution in [-0.4, -0.2) is 17.3 Å². The number of benzene rings is 1. The van der Waals surface area contributed by atoms with Gasteiger partial charge in [-0.15, -0.1) is 0 Å². The molecule has 0 aliphatic heterocycles. The Labute approximate surface area is 104 Å². The van der Waals surface area contributed by atoms with Crippen molar-refractivity contribution in [2.75, 3.05) is 11.5 Å². The van der Waals surface area contributed by atoms with Crippen molar-refractivity contribution in [3.8, 4) is 0 Å². The van der Waals surface area contributed by atoms with Crippen molar-refractivity contribution in [3.63, 3.8) is 0 Å². The molecule has 15 heavy (non-hydrogen) atoms. The number of halogens is 2. The van der Waals surface area contributed by atoms with Gasteiger partial charge in [0.05, 0.1) is 10.8 Å². The van der Waals surface area contributed by atoms with Crippen LogP contribution in [0, 0.1) is 0 Å². The minimum Gasteiger partial charge on any atom is -0.293 e. The Bertz CT molecular complexity index is 352. The highest BCUT2D eigenvalue weighted by Gasteiger charge is 2.10. The van der Waals surface area contributed by atoms with Gasteiger partial charge in [0, 0.05) is 10.6 Å². The third kappa shape index (κ3) is 4.06. The fourth-order valence-corrected chi connectivity index (χ4v) is 2.27. The molecule has 0 saturated carbocycles. The average Bonchev–Trinajstić information content (AvgIpc) is 2.22. The van der Waals surface area contributed by atoms with Crippen molar-refractivity contribution in [2.24, 2.45) is 0 Å². The summed E-state index contributed by atoms with van der Waals surface area (Å²) in [5.74, 6) is 1.50. The summed E-state index contributed by atoms with van der Waals surface area (Å²) in [5.41, 5.74) is 0.521. The van der Waals surface area contributed by atoms with Gasteiger partial charge in [0.15, 0.2) is 5.78 Å². The van der Waals surface area contributed by atoms with Crippen LogP contribution in [0.3, 0.4) is 0 Å². The van der Waals surface area contributed by atoms with Crippen LogP contribution in [0.1, 0.15) is 23.7 Å². The molecule has 4 heteroatoms. The van der Waals surface area contributed by atoms with Gasteiger partial charge in [-0.25, -0.2) is 0 Å². The second kappa shape index (κ2) is 6.41. The first-order valence-electron chi connectivity index (χ1n) is 4.71. The van der Waals surface area contributed by atoms with E-state index >= 15 is 0 Å². The molecule has 0 spiro atoms. The van der Waals surface area contributed by atoms with Crippen LogP contribution in [-0.2, 0) is 0 Å². The number of Topliss-reactive ketones (excluding diaryl/α,β-unsaturated/α-hetero) is 1. The highest BCUT2D eigenvalue weighted by Crippen LogP contribution is 2.22. The van der Waals surface area contributed by atoms with E-state index in [1.807, 2.05) is 0 Å². The lowest BCUT2D eigenvalue weighted by molar-refractivity contribution is 0.102. The van der Waals surface area contributed by atoms with Gasteiger partial charge in [0.1, 0.15) is 0 Å². The zero-order valence-corrected chi connectivity index (χ0v) is 10.8. The second-order valence-electron chi connectivity index (χ2n) is 3.10. The zero-order valence-electron chi connectivity index (χ0n) is 8.43. The number of hydrogen-bond acceptors (Lipinski definition) is 2. The average molecular weight is 263 g/mol. The molecule has 0 N–H and O–H groups in total. The molecule has 0 aliphatic carbocycles. The maximum atomic E-state index is 11.7. The summed E-state index contributed by atoms with van der Waals surface area (Å²) in [6.07, 6.45) is 1.07. The highest BCUT2D eigenvalue weighted by atomic mass is 35.5. The number of ketones is 1. The first-order chi connectivity index (χ1) is 7.15. The smallest absolute Gasteiger partial charge is 0.174 e. The number of carbonyl (C=O) groups excluding carboxylic acids is 1. The Morgan fingerprint density at radius 3 is 2.80 bits per heavy atom. The molecule has 0 saturated heterocycles. The zero-order chi connectivity index (χ0) is 11.3. The minimum atomic E-state index is 0.0425. The summed E-state index contributed by atoms with van der Waals surface area (Å²) in [6, 6.07) is 4.96. The first-order valence-corrected chi connectivity index (χ1v) is 6.62. The van der Waals surface area contributed by atoms with Gasteiger partial charge in [-0.1, -0.05) is 30.1 Å². The molecule has 0 fully saturated rings. The van der Waals surface area contributed by atoms with Gasteiger partial charge in [-0.3, -0.25) is 4.79 Å². The molecule has 0 radical (unpaired) electrons. The number of carbonyl (C=O) groups is 1. The molecule has 1 aromatic carbocycles. The molecular weight excluding hydrogens is 251 g/mol. The van der Waals surface area contributed by atoms with Crippen molar-refractivity contribution in [1.29, 1.82) is 0 Å². The highest BCUT2D eigenvalue weighted by molar-refractivity contribution is 7.99. The van der Waals surface area contributed by atoms with Crippen LogP contribution in [0.4, 0.5) is 0 Å². The predicted octanol–water partition coefficient (Wildman–Crippen LogP) is 4.32. The van der Waals surface area contributed by atoms with E-state index in [1.54, 1.807) is 30.0 Å². The molecule has 0 atom stereocenters. The molecule has 0 amide bonds. The monoisotopic (exact) mass is 262 g/mol. The van der Waals surface area contributed by atoms with Crippen molar-refractivity contribution in [3.05, 3.63) is 33.8 Å². The minimum absolute atomic E-state index is 0.0425. The Balaban J connectivity index is 2.68. The van der Waals surface area contributed by atoms with Crippen molar-refractivity contribution in [2.45, 2.75) is 13.3 Å². The van der Waals surface area contributed by atoms with E-state index in [0.717, 1.165) is 12.2 Å². The maximum absolute atomic E-state index is 11.7. The Morgan fingerprint density at radius 1 is 1.40 bits per heavy atom. The topological polar surface area (TPSA) is 17.1 Å². The van der Waals surface area contributed by atoms with Crippen LogP contribution in [0.2, 0.25) is 10.0 Å². The molecule has 0 unspecified atom stereocenters. The van der Waals surface area contributed by atoms with E-state index in [1.165, 1.54) is 0 Å². The molecule has 1 aromatic rings. The number of hydrogen-bond donors (Lipinski definition) is 0. The summed E-state index contributed by atoms with van der Waals surface area (Å²) >= 11 is 13.3. The summed E-state index contributed by atoms with van der Waals surface area (Å²) in [6.45, 7) is 2.09. The largest absolute Gasteiger partial charge is 0.293 e. The molecule has 0 aliphatic rings. The van der Waals surface area contributed by atoms with Crippen molar-refractivity contribution in [1.82, 2.24) is 0 Å². The maximum Gasteiger partial charge on any atom is 0.174 e. The molecule has 0 aromatic heterocycles. The lowest BCUT2D eigenvalue weighted by Gasteiger charge is -2.03. The van der Waals surface area contributed by atoms with E-state index in [2.05, 4.69) is 6.92 Å². The quantitative estimate of drug-likeness (QED) is 0.581. The van der Waals surface area contributed by atoms with Crippen LogP contribution in [0.25, 0.3) is 0 Å². The van der Waals surface area contributed by atoms with E-state index < -0.39 is 0 Å². The molecule has 82 valence electrons. The number of thioether (sulfide) groups is 1. The molecule has 1 nitrogen and oxygen atoms in total. The van der Waals surface area contributed by atoms with Gasteiger partial charge in [0.25, 0.3) is 0 Å². The molecule has 0 bridgehead atoms. The van der Waals surface area contributed by atoms with Crippen LogP contribution >= 0.6 is 35.0 Å². The van der Waals surface area contributed by atoms with Crippen LogP contribution < -0.4 is 0 Å². The SMILES string of the molecule is CCCSCC(=O)c1cc(Cl)ccc1Cl. The second-order valence-corrected chi connectivity index (χ2v) is 5.05. The Morgan fingerprint density at radius 2 is 2.13 bits per heavy atom. The van der Waals surface area contributed by atoms with E-state index in [9.17, 15) is 4.79 Å². The third-order valence-electron chi connectivity index (χ3n) is 1.81. The lowest BCUT2D eigenvalue weighted by atomic mass is 10.1. The van der Waals surface area contributed by atoms with Gasteiger partial charge >= 0.3 is 0 Å². The third-order valence-corrected chi connectivity index (χ3v) is 3.54. The van der Waals surface area contributed by atoms with Gasteiger partial charge < -0.3 is 0 Å². The van der Waals surface area contributed by atoms with Gasteiger partial charge in [-0.2, -0.15) is 11.8 Å². The fraction of sp³-hybridized carbons (Fsp3) is 0.364. The molecule has 0 heterocycles. The van der Waals surface area contributed by atoms with E-state index in [-0.39, 0.29) is 5.78 Å². The van der Waals surface area contributed by atoms with Gasteiger partial charge in [-0.05, 0) is 30.4 Å². The summed E-state index contributed by atoms with van der Waals surface area (Å²) in [4.78, 5) is 11.7. The summed E-state index contributed by atoms with van der Waals surface area (Å²) < 4.78 is 0. The molecule has 1 rings (SSSR count). The van der Waals surface area contributed by atoms with Crippen LogP contribution in [0.15, 0.2) is 18.2 Å². The van der Waals surface area contributed by atoms with Crippen molar-refractivity contribution < 1.29 is 4.79 Å². The predicted molar refractivity (Wildman–Crippen MR) is 68.4 cm³/mol. The number of rotatable bonds is 5. The van der Waals surface area contributed by atoms with Crippen LogP contribution in [0.5, 0.6) is 0 Å². The van der Waals surface area contributed by atoms with E-state index in [4.69, 9.17) is 23.2 Å². The summed E-state index contributed by atoms with van der Waals surface area (Å²) in [7, 11) is 0.